The number of nitrogens with zero attached hydrogens (tertiary/aromatic N) is 3. The van der Waals surface area contributed by atoms with Crippen LogP contribution in [0, 0.1) is 0 Å². The van der Waals surface area contributed by atoms with Crippen molar-refractivity contribution in [3.8, 4) is 0 Å². The van der Waals surface area contributed by atoms with Crippen molar-refractivity contribution < 1.29 is 22.8 Å². The number of thioether (sulfide) groups is 1. The van der Waals surface area contributed by atoms with E-state index in [9.17, 15) is 22.8 Å². The smallest absolute Gasteiger partial charge is 0.322 e. The zero-order chi connectivity index (χ0) is 23.5. The van der Waals surface area contributed by atoms with E-state index in [-0.39, 0.29) is 16.7 Å². The van der Waals surface area contributed by atoms with E-state index in [0.29, 0.717) is 16.5 Å². The number of amides is 4. The molecule has 32 heavy (non-hydrogen) atoms. The molecule has 0 bridgehead atoms. The van der Waals surface area contributed by atoms with Crippen molar-refractivity contribution >= 4 is 39.6 Å². The van der Waals surface area contributed by atoms with Crippen LogP contribution in [0.25, 0.3) is 0 Å². The van der Waals surface area contributed by atoms with E-state index >= 15 is 0 Å². The molecular formula is C20H29N5O5S2. The summed E-state index contributed by atoms with van der Waals surface area (Å²) in [7, 11) is -2.03. The Morgan fingerprint density at radius 3 is 2.56 bits per heavy atom. The molecule has 1 aliphatic heterocycles. The molecule has 2 fully saturated rings. The van der Waals surface area contributed by atoms with Crippen molar-refractivity contribution in [2.75, 3.05) is 12.8 Å². The predicted octanol–water partition coefficient (Wildman–Crippen LogP) is 1.88. The molecule has 1 saturated heterocycles. The Bertz CT molecular complexity index is 979. The topological polar surface area (TPSA) is 129 Å². The maximum Gasteiger partial charge on any atom is 0.344 e. The zero-order valence-electron chi connectivity index (χ0n) is 18.5. The van der Waals surface area contributed by atoms with Crippen LogP contribution >= 0.6 is 11.8 Å². The van der Waals surface area contributed by atoms with Gasteiger partial charge in [-0.25, -0.2) is 18.2 Å². The molecule has 1 aromatic rings. The van der Waals surface area contributed by atoms with Crippen LogP contribution < -0.4 is 10.7 Å². The Labute approximate surface area is 192 Å². The summed E-state index contributed by atoms with van der Waals surface area (Å²) in [5, 5.41) is 3.70. The summed E-state index contributed by atoms with van der Waals surface area (Å²) < 4.78 is 27.2. The van der Waals surface area contributed by atoms with Gasteiger partial charge in [-0.15, -0.1) is 0 Å². The third-order valence-corrected chi connectivity index (χ3v) is 8.87. The minimum atomic E-state index is -3.63. The van der Waals surface area contributed by atoms with Crippen molar-refractivity contribution in [3.05, 3.63) is 18.3 Å². The Balaban J connectivity index is 1.56. The van der Waals surface area contributed by atoms with Crippen molar-refractivity contribution in [1.29, 1.82) is 0 Å². The fraction of sp³-hybridized carbons (Fsp3) is 0.600. The fourth-order valence-electron chi connectivity index (χ4n) is 3.73. The van der Waals surface area contributed by atoms with Crippen LogP contribution in [0.1, 0.15) is 52.4 Å². The van der Waals surface area contributed by atoms with Gasteiger partial charge in [-0.2, -0.15) is 9.31 Å². The molecule has 2 heterocycles. The lowest BCUT2D eigenvalue weighted by Gasteiger charge is -2.30. The quantitative estimate of drug-likeness (QED) is 0.427. The second kappa shape index (κ2) is 9.75. The summed E-state index contributed by atoms with van der Waals surface area (Å²) in [5.74, 6) is -1.16. The molecular weight excluding hydrogens is 454 g/mol. The lowest BCUT2D eigenvalue weighted by Crippen LogP contribution is -2.49. The average molecular weight is 484 g/mol. The largest absolute Gasteiger partial charge is 0.344 e. The van der Waals surface area contributed by atoms with Crippen LogP contribution in [-0.2, 0) is 19.6 Å². The van der Waals surface area contributed by atoms with Crippen LogP contribution in [-0.4, -0.2) is 64.9 Å². The summed E-state index contributed by atoms with van der Waals surface area (Å²) in [5.41, 5.74) is 1.27. The number of carbonyl (C=O) groups is 3. The summed E-state index contributed by atoms with van der Waals surface area (Å²) in [6, 6.07) is 2.35. The molecule has 3 rings (SSSR count). The van der Waals surface area contributed by atoms with Gasteiger partial charge in [-0.3, -0.25) is 15.0 Å². The van der Waals surface area contributed by atoms with Crippen molar-refractivity contribution in [3.63, 3.8) is 0 Å². The number of hydrogen-bond acceptors (Lipinski definition) is 7. The number of carbonyl (C=O) groups excluding carboxylic acids is 3. The monoisotopic (exact) mass is 483 g/mol. The first kappa shape index (κ1) is 24.5. The van der Waals surface area contributed by atoms with E-state index in [1.54, 1.807) is 27.0 Å². The van der Waals surface area contributed by atoms with Gasteiger partial charge in [-0.05, 0) is 38.3 Å². The predicted molar refractivity (Wildman–Crippen MR) is 119 cm³/mol. The van der Waals surface area contributed by atoms with E-state index in [2.05, 4.69) is 15.7 Å². The van der Waals surface area contributed by atoms with E-state index < -0.39 is 33.4 Å². The Morgan fingerprint density at radius 2 is 2.00 bits per heavy atom. The number of aromatic nitrogens is 1. The number of nitrogens with one attached hydrogen (secondary N) is 2. The molecule has 4 amide bonds. The molecule has 1 atom stereocenters. The summed E-state index contributed by atoms with van der Waals surface area (Å²) in [6.07, 6.45) is 6.61. The van der Waals surface area contributed by atoms with Crippen molar-refractivity contribution in [2.24, 2.45) is 0 Å². The Kier molecular flexibility index (Phi) is 7.46. The molecule has 176 valence electrons. The SMILES string of the molecule is CCC1(C)NC(=O)N(NC(=O)CSc2ccc(S(=O)(=O)N(C)C3CCCCC3)cn2)C1=O. The normalized spacial score (nSPS) is 22.3. The Morgan fingerprint density at radius 1 is 1.31 bits per heavy atom. The molecule has 1 saturated carbocycles. The minimum absolute atomic E-state index is 0.00607. The standard InChI is InChI=1S/C20H29N5O5S2/c1-4-20(2)18(27)25(19(28)22-20)23-16(26)13-31-17-11-10-15(12-21-17)32(29,30)24(3)14-8-6-5-7-9-14/h10-12,14H,4-9,13H2,1-3H3,(H,22,28)(H,23,26). The van der Waals surface area contributed by atoms with Gasteiger partial charge in [-0.1, -0.05) is 37.9 Å². The summed E-state index contributed by atoms with van der Waals surface area (Å²) in [6.45, 7) is 3.36. The van der Waals surface area contributed by atoms with Gasteiger partial charge in [0.25, 0.3) is 5.91 Å². The zero-order valence-corrected chi connectivity index (χ0v) is 20.1. The first-order chi connectivity index (χ1) is 15.1. The molecule has 0 radical (unpaired) electrons. The first-order valence-corrected chi connectivity index (χ1v) is 13.0. The van der Waals surface area contributed by atoms with Gasteiger partial charge >= 0.3 is 6.03 Å². The van der Waals surface area contributed by atoms with E-state index in [0.717, 1.165) is 43.9 Å². The molecule has 1 aliphatic carbocycles. The van der Waals surface area contributed by atoms with Gasteiger partial charge in [0.05, 0.1) is 10.8 Å². The lowest BCUT2D eigenvalue weighted by atomic mass is 9.96. The van der Waals surface area contributed by atoms with Crippen LogP contribution in [0.15, 0.2) is 28.3 Å². The number of urea groups is 1. The Hall–Kier alpha value is -2.18. The number of sulfonamides is 1. The highest BCUT2D eigenvalue weighted by atomic mass is 32.2. The highest BCUT2D eigenvalue weighted by Gasteiger charge is 2.47. The van der Waals surface area contributed by atoms with Gasteiger partial charge < -0.3 is 5.32 Å². The highest BCUT2D eigenvalue weighted by Crippen LogP contribution is 2.27. The maximum absolute atomic E-state index is 12.9. The molecule has 1 unspecified atom stereocenters. The maximum atomic E-state index is 12.9. The van der Waals surface area contributed by atoms with Gasteiger partial charge in [0.1, 0.15) is 10.4 Å². The van der Waals surface area contributed by atoms with E-state index in [1.165, 1.54) is 16.6 Å². The molecule has 0 aromatic carbocycles. The first-order valence-electron chi connectivity index (χ1n) is 10.6. The summed E-state index contributed by atoms with van der Waals surface area (Å²) in [4.78, 5) is 40.8. The molecule has 1 aromatic heterocycles. The number of hydrazine groups is 1. The van der Waals surface area contributed by atoms with Crippen LogP contribution in [0.3, 0.4) is 0 Å². The minimum Gasteiger partial charge on any atom is -0.322 e. The summed E-state index contributed by atoms with van der Waals surface area (Å²) >= 11 is 1.07. The second-order valence-corrected chi connectivity index (χ2v) is 11.2. The molecule has 0 spiro atoms. The van der Waals surface area contributed by atoms with Gasteiger partial charge in [0.15, 0.2) is 0 Å². The highest BCUT2D eigenvalue weighted by molar-refractivity contribution is 7.99. The second-order valence-electron chi connectivity index (χ2n) is 8.23. The lowest BCUT2D eigenvalue weighted by molar-refractivity contribution is -0.137. The van der Waals surface area contributed by atoms with E-state index in [1.807, 2.05) is 0 Å². The number of hydrogen-bond donors (Lipinski definition) is 2. The molecule has 2 N–H and O–H groups in total. The van der Waals surface area contributed by atoms with Gasteiger partial charge in [0, 0.05) is 19.3 Å². The molecule has 2 aliphatic rings. The van der Waals surface area contributed by atoms with E-state index in [4.69, 9.17) is 0 Å². The third kappa shape index (κ3) is 5.07. The van der Waals surface area contributed by atoms with Crippen molar-refractivity contribution in [2.45, 2.75) is 73.9 Å². The molecule has 10 nitrogen and oxygen atoms in total. The fourth-order valence-corrected chi connectivity index (χ4v) is 5.73. The molecule has 12 heteroatoms. The van der Waals surface area contributed by atoms with Crippen LogP contribution in [0.5, 0.6) is 0 Å². The number of pyridine rings is 1. The van der Waals surface area contributed by atoms with Crippen molar-refractivity contribution in [1.82, 2.24) is 25.0 Å². The number of rotatable bonds is 8. The van der Waals surface area contributed by atoms with Gasteiger partial charge in [0.2, 0.25) is 15.9 Å². The van der Waals surface area contributed by atoms with Crippen LogP contribution in [0.2, 0.25) is 0 Å². The average Bonchev–Trinajstić information content (AvgIpc) is 3.01. The third-order valence-electron chi connectivity index (χ3n) is 6.03. The van der Waals surface area contributed by atoms with Crippen LogP contribution in [0.4, 0.5) is 4.79 Å². The number of imide groups is 1.